The van der Waals surface area contributed by atoms with Crippen LogP contribution in [0.5, 0.6) is 0 Å². The van der Waals surface area contributed by atoms with E-state index in [1.54, 1.807) is 14.8 Å². The molecular weight excluding hydrogens is 174 g/mol. The van der Waals surface area contributed by atoms with E-state index in [0.717, 1.165) is 0 Å². The molecule has 0 aromatic rings. The van der Waals surface area contributed by atoms with E-state index >= 15 is 0 Å². The van der Waals surface area contributed by atoms with Crippen molar-refractivity contribution in [2.24, 2.45) is 0 Å². The van der Waals surface area contributed by atoms with Crippen LogP contribution in [0.3, 0.4) is 0 Å². The van der Waals surface area contributed by atoms with Crippen LogP contribution in [0.15, 0.2) is 0 Å². The van der Waals surface area contributed by atoms with Crippen LogP contribution in [0.25, 0.3) is 0 Å². The summed E-state index contributed by atoms with van der Waals surface area (Å²) >= 11 is -2.68. The van der Waals surface area contributed by atoms with Gasteiger partial charge in [-0.05, 0) is 0 Å². The maximum atomic E-state index is 11.9. The summed E-state index contributed by atoms with van der Waals surface area (Å²) < 4.78 is 11.9. The Balaban J connectivity index is 3.02. The molecule has 0 aromatic carbocycles. The number of halogens is 1. The molecule has 32 valence electrons. The Morgan fingerprint density at radius 3 is 1.20 bits per heavy atom. The summed E-state index contributed by atoms with van der Waals surface area (Å²) in [4.78, 5) is 5.19. The van der Waals surface area contributed by atoms with Crippen LogP contribution in [-0.2, 0) is 0 Å². The van der Waals surface area contributed by atoms with Gasteiger partial charge in [0, 0.05) is 0 Å². The molecule has 0 unspecified atom stereocenters. The molecule has 0 atom stereocenters. The third-order valence-electron chi connectivity index (χ3n) is 0. The van der Waals surface area contributed by atoms with Crippen molar-refractivity contribution >= 4 is 18.9 Å². The number of hydrogen-bond donors (Lipinski definition) is 0. The van der Waals surface area contributed by atoms with Gasteiger partial charge >= 0.3 is 36.6 Å². The maximum absolute atomic E-state index is 11.9. The molecule has 0 bridgehead atoms. The molecule has 2 heteroatoms. The first-order valence-electron chi connectivity index (χ1n) is 1.69. The van der Waals surface area contributed by atoms with Crippen molar-refractivity contribution in [2.45, 2.75) is 14.8 Å². The SMILES string of the molecule is [CH3][Sn]([CH3])([CH3])[F]. The fourth-order valence-electron chi connectivity index (χ4n) is 0. The summed E-state index contributed by atoms with van der Waals surface area (Å²) in [6, 6.07) is 0. The second-order valence-electron chi connectivity index (χ2n) is 2.07. The van der Waals surface area contributed by atoms with Crippen LogP contribution in [0.1, 0.15) is 0 Å². The molecule has 0 aliphatic carbocycles. The van der Waals surface area contributed by atoms with Crippen molar-refractivity contribution in [1.29, 1.82) is 0 Å². The average Bonchev–Trinajstić information content (AvgIpc) is 0.722. The molecule has 0 saturated carbocycles. The molecule has 5 heavy (non-hydrogen) atoms. The molecule has 0 aliphatic rings. The fourth-order valence-corrected chi connectivity index (χ4v) is 0. The van der Waals surface area contributed by atoms with Crippen molar-refractivity contribution in [3.8, 4) is 0 Å². The standard InChI is InChI=1S/3CH3.FH.Sn/h3*1H3;1H;/q;;;;+1/p-1. The first kappa shape index (κ1) is 5.73. The van der Waals surface area contributed by atoms with Crippen molar-refractivity contribution in [1.82, 2.24) is 0 Å². The van der Waals surface area contributed by atoms with Crippen LogP contribution in [0.4, 0.5) is 2.87 Å². The van der Waals surface area contributed by atoms with Crippen molar-refractivity contribution in [3.63, 3.8) is 0 Å². The summed E-state index contributed by atoms with van der Waals surface area (Å²) in [5.74, 6) is 0. The van der Waals surface area contributed by atoms with E-state index in [2.05, 4.69) is 0 Å². The topological polar surface area (TPSA) is 0 Å². The third kappa shape index (κ3) is 66.3. The molecule has 0 fully saturated rings. The summed E-state index contributed by atoms with van der Waals surface area (Å²) in [6.07, 6.45) is 0. The number of hydrogen-bond acceptors (Lipinski definition) is 0. The van der Waals surface area contributed by atoms with Crippen LogP contribution in [0.2, 0.25) is 14.8 Å². The Morgan fingerprint density at radius 2 is 1.20 bits per heavy atom. The van der Waals surface area contributed by atoms with Gasteiger partial charge in [-0.2, -0.15) is 0 Å². The van der Waals surface area contributed by atoms with E-state index < -0.39 is 18.9 Å². The van der Waals surface area contributed by atoms with Crippen molar-refractivity contribution in [3.05, 3.63) is 0 Å². The van der Waals surface area contributed by atoms with E-state index in [9.17, 15) is 2.87 Å². The zero-order valence-electron chi connectivity index (χ0n) is 3.88. The summed E-state index contributed by atoms with van der Waals surface area (Å²) in [6.45, 7) is 0. The molecule has 0 N–H and O–H groups in total. The third-order valence-corrected chi connectivity index (χ3v) is 0. The molecule has 0 nitrogen and oxygen atoms in total. The van der Waals surface area contributed by atoms with Gasteiger partial charge in [0.2, 0.25) is 0 Å². The molecule has 0 rings (SSSR count). The zero-order chi connectivity index (χ0) is 4.50. The first-order chi connectivity index (χ1) is 2.00. The van der Waals surface area contributed by atoms with Gasteiger partial charge in [-0.15, -0.1) is 0 Å². The minimum atomic E-state index is -2.68. The van der Waals surface area contributed by atoms with E-state index in [0.29, 0.717) is 0 Å². The molecule has 0 radical (unpaired) electrons. The van der Waals surface area contributed by atoms with Gasteiger partial charge in [-0.1, -0.05) is 0 Å². The Bertz CT molecular complexity index is 22.4. The number of rotatable bonds is 0. The van der Waals surface area contributed by atoms with Crippen LogP contribution in [0, 0.1) is 0 Å². The Kier molecular flexibility index (Phi) is 1.66. The Morgan fingerprint density at radius 1 is 1.20 bits per heavy atom. The Hall–Kier alpha value is 0.729. The normalized spacial score (nSPS) is 12.0. The van der Waals surface area contributed by atoms with Gasteiger partial charge < -0.3 is 0 Å². The molecule has 0 aromatic heterocycles. The average molecular weight is 183 g/mol. The summed E-state index contributed by atoms with van der Waals surface area (Å²) in [7, 11) is 0. The van der Waals surface area contributed by atoms with Crippen molar-refractivity contribution in [2.75, 3.05) is 0 Å². The van der Waals surface area contributed by atoms with Crippen LogP contribution in [-0.4, -0.2) is 18.9 Å². The fraction of sp³-hybridized carbons (Fsp3) is 1.00. The molecule has 0 aliphatic heterocycles. The van der Waals surface area contributed by atoms with Gasteiger partial charge in [0.05, 0.1) is 0 Å². The second-order valence-corrected chi connectivity index (χ2v) is 13.9. The van der Waals surface area contributed by atoms with E-state index in [4.69, 9.17) is 0 Å². The molecular formula is C3H9FSn. The van der Waals surface area contributed by atoms with Crippen LogP contribution < -0.4 is 0 Å². The molecule has 0 spiro atoms. The molecule has 0 saturated heterocycles. The van der Waals surface area contributed by atoms with Gasteiger partial charge in [0.1, 0.15) is 0 Å². The van der Waals surface area contributed by atoms with Gasteiger partial charge in [-0.3, -0.25) is 0 Å². The van der Waals surface area contributed by atoms with E-state index in [1.165, 1.54) is 0 Å². The first-order valence-corrected chi connectivity index (χ1v) is 11.3. The predicted octanol–water partition coefficient (Wildman–Crippen LogP) is 1.79. The van der Waals surface area contributed by atoms with E-state index in [1.807, 2.05) is 0 Å². The predicted molar refractivity (Wildman–Crippen MR) is 24.5 cm³/mol. The van der Waals surface area contributed by atoms with Crippen LogP contribution >= 0.6 is 0 Å². The second kappa shape index (κ2) is 1.45. The minimum absolute atomic E-state index is 1.73. The quantitative estimate of drug-likeness (QED) is 0.502. The monoisotopic (exact) mass is 184 g/mol. The zero-order valence-corrected chi connectivity index (χ0v) is 6.73. The van der Waals surface area contributed by atoms with Gasteiger partial charge in [-0.25, -0.2) is 0 Å². The van der Waals surface area contributed by atoms with Gasteiger partial charge in [0.25, 0.3) is 0 Å². The molecule has 0 amide bonds. The summed E-state index contributed by atoms with van der Waals surface area (Å²) in [5, 5.41) is 0. The summed E-state index contributed by atoms with van der Waals surface area (Å²) in [5.41, 5.74) is 0. The Labute approximate surface area is 37.0 Å². The van der Waals surface area contributed by atoms with Gasteiger partial charge in [0.15, 0.2) is 0 Å². The van der Waals surface area contributed by atoms with E-state index in [-0.39, 0.29) is 0 Å². The van der Waals surface area contributed by atoms with Crippen molar-refractivity contribution < 1.29 is 2.87 Å². The molecule has 0 heterocycles.